The van der Waals surface area contributed by atoms with Crippen molar-refractivity contribution in [2.75, 3.05) is 0 Å². The van der Waals surface area contributed by atoms with Gasteiger partial charge in [-0.1, -0.05) is 0 Å². The van der Waals surface area contributed by atoms with Crippen molar-refractivity contribution in [2.24, 2.45) is 0 Å². The maximum Gasteiger partial charge on any atom is 1.00 e. The van der Waals surface area contributed by atoms with Gasteiger partial charge in [0.25, 0.3) is 0 Å². The Bertz CT molecular complexity index is 61.1. The SMILES string of the molecule is CC(=O)[O-].O=[AsH2]O.[Na+]. The summed E-state index contributed by atoms with van der Waals surface area (Å²) in [6.45, 7) is 0.972. The third-order valence-electron chi connectivity index (χ3n) is 0. The smallest absolute Gasteiger partial charge is 1.00 e. The van der Waals surface area contributed by atoms with Crippen LogP contribution in [0, 0.1) is 0 Å². The fraction of sp³-hybridized carbons (Fsp3) is 0.500. The maximum atomic E-state index is 8.89. The Morgan fingerprint density at radius 2 is 1.75 bits per heavy atom. The van der Waals surface area contributed by atoms with E-state index in [0.29, 0.717) is 0 Å². The molecule has 0 aromatic carbocycles. The van der Waals surface area contributed by atoms with Gasteiger partial charge in [-0.05, 0) is 6.92 Å². The summed E-state index contributed by atoms with van der Waals surface area (Å²) in [5, 5.41) is 8.89. The molecule has 0 heterocycles. The van der Waals surface area contributed by atoms with Crippen molar-refractivity contribution in [2.45, 2.75) is 6.92 Å². The molecule has 0 aliphatic carbocycles. The Morgan fingerprint density at radius 1 is 1.75 bits per heavy atom. The predicted octanol–water partition coefficient (Wildman–Crippen LogP) is -5.83. The van der Waals surface area contributed by atoms with E-state index in [1.54, 1.807) is 0 Å². The van der Waals surface area contributed by atoms with Crippen LogP contribution in [0.3, 0.4) is 0 Å². The molecule has 0 saturated heterocycles. The molecule has 0 bridgehead atoms. The van der Waals surface area contributed by atoms with E-state index in [4.69, 9.17) is 17.7 Å². The van der Waals surface area contributed by atoms with Crippen LogP contribution in [-0.4, -0.2) is 26.1 Å². The van der Waals surface area contributed by atoms with Crippen molar-refractivity contribution in [3.05, 3.63) is 0 Å². The summed E-state index contributed by atoms with van der Waals surface area (Å²) in [6, 6.07) is 0. The molecule has 6 heteroatoms. The second kappa shape index (κ2) is 15.7. The van der Waals surface area contributed by atoms with Crippen LogP contribution in [0.25, 0.3) is 0 Å². The predicted molar refractivity (Wildman–Crippen MR) is 22.1 cm³/mol. The molecule has 0 radical (unpaired) electrons. The monoisotopic (exact) mass is 192 g/mol. The minimum absolute atomic E-state index is 0. The molecule has 0 rings (SSSR count). The van der Waals surface area contributed by atoms with E-state index in [0.717, 1.165) is 6.92 Å². The number of rotatable bonds is 0. The average molecular weight is 192 g/mol. The summed E-state index contributed by atoms with van der Waals surface area (Å²) in [6.07, 6.45) is 0. The fourth-order valence-electron chi connectivity index (χ4n) is 0. The fourth-order valence-corrected chi connectivity index (χ4v) is 0. The van der Waals surface area contributed by atoms with E-state index in [1.165, 1.54) is 0 Å². The van der Waals surface area contributed by atoms with Gasteiger partial charge in [0, 0.05) is 5.97 Å². The van der Waals surface area contributed by atoms with Crippen molar-refractivity contribution in [3.8, 4) is 0 Å². The number of carbonyl (C=O) groups excluding carboxylic acids is 1. The third-order valence-corrected chi connectivity index (χ3v) is 0. The Morgan fingerprint density at radius 3 is 1.75 bits per heavy atom. The largest absolute Gasteiger partial charge is 1.00 e. The number of aliphatic carboxylic acids is 1. The van der Waals surface area contributed by atoms with Gasteiger partial charge in [-0.2, -0.15) is 0 Å². The topological polar surface area (TPSA) is 77.4 Å². The first-order valence-electron chi connectivity index (χ1n) is 1.40. The van der Waals surface area contributed by atoms with E-state index in [1.807, 2.05) is 0 Å². The van der Waals surface area contributed by atoms with E-state index >= 15 is 0 Å². The third kappa shape index (κ3) is 366. The summed E-state index contributed by atoms with van der Waals surface area (Å²) in [4.78, 5) is 8.89. The molecule has 0 saturated carbocycles. The van der Waals surface area contributed by atoms with Gasteiger partial charge in [0.1, 0.15) is 0 Å². The Labute approximate surface area is 75.8 Å². The van der Waals surface area contributed by atoms with E-state index in [9.17, 15) is 0 Å². The van der Waals surface area contributed by atoms with Crippen LogP contribution in [0.15, 0.2) is 0 Å². The van der Waals surface area contributed by atoms with Crippen LogP contribution < -0.4 is 34.7 Å². The van der Waals surface area contributed by atoms with Gasteiger partial charge in [-0.3, -0.25) is 0 Å². The van der Waals surface area contributed by atoms with Crippen molar-refractivity contribution in [1.29, 1.82) is 0 Å². The molecule has 1 unspecified atom stereocenters. The molecule has 0 aliphatic heterocycles. The first-order valence-corrected chi connectivity index (χ1v) is 3.47. The van der Waals surface area contributed by atoms with Crippen LogP contribution in [0.2, 0.25) is 0 Å². The number of hydrogen-bond donors (Lipinski definition) is 1. The minimum Gasteiger partial charge on any atom is 1.00 e. The number of hydrogen-bond acceptors (Lipinski definition) is 3. The quantitative estimate of drug-likeness (QED) is 0.388. The summed E-state index contributed by atoms with van der Waals surface area (Å²) in [5.74, 6) is -1.08. The van der Waals surface area contributed by atoms with E-state index in [-0.39, 0.29) is 29.6 Å². The Balaban J connectivity index is -0.0000000575. The van der Waals surface area contributed by atoms with Crippen LogP contribution in [0.5, 0.6) is 0 Å². The van der Waals surface area contributed by atoms with Crippen molar-refractivity contribution < 1.29 is 47.3 Å². The Kier molecular flexibility index (Phi) is 31.1. The van der Waals surface area contributed by atoms with Gasteiger partial charge in [0.05, 0.1) is 0 Å². The van der Waals surface area contributed by atoms with Gasteiger partial charge < -0.3 is 9.90 Å². The molecular weight excluding hydrogens is 186 g/mol. The summed E-state index contributed by atoms with van der Waals surface area (Å²) >= 11 is -1.94. The zero-order chi connectivity index (χ0) is 6.28. The standard InChI is InChI=1S/C2H4O2.AsH3O2.Na/c1-2(3)4;2-1-3;/h1H3,(H,3,4);1H2,(H,2,3);/q;;+1/p-1. The molecule has 44 valence electrons. The molecule has 0 fully saturated rings. The number of carbonyl (C=O) groups is 1. The molecule has 0 spiro atoms. The van der Waals surface area contributed by atoms with Crippen molar-refractivity contribution >= 4 is 22.0 Å². The molecule has 0 aromatic heterocycles. The summed E-state index contributed by atoms with van der Waals surface area (Å²) in [7, 11) is 0. The molecule has 0 amide bonds. The second-order valence-corrected chi connectivity index (χ2v) is 1.04. The van der Waals surface area contributed by atoms with Crippen LogP contribution in [-0.2, 0) is 8.53 Å². The second-order valence-electron chi connectivity index (χ2n) is 0.597. The van der Waals surface area contributed by atoms with Gasteiger partial charge in [0.15, 0.2) is 0 Å². The van der Waals surface area contributed by atoms with Gasteiger partial charge >= 0.3 is 53.4 Å². The summed E-state index contributed by atoms with van der Waals surface area (Å²) in [5.41, 5.74) is 0. The molecule has 8 heavy (non-hydrogen) atoms. The van der Waals surface area contributed by atoms with Gasteiger partial charge in [-0.25, -0.2) is 0 Å². The zero-order valence-electron chi connectivity index (χ0n) is 4.75. The van der Waals surface area contributed by atoms with Gasteiger partial charge in [-0.15, -0.1) is 0 Å². The van der Waals surface area contributed by atoms with Gasteiger partial charge in [0.2, 0.25) is 0 Å². The minimum atomic E-state index is -1.94. The molecule has 0 aliphatic rings. The average Bonchev–Trinajstić information content (AvgIpc) is 1.33. The van der Waals surface area contributed by atoms with Crippen molar-refractivity contribution in [3.63, 3.8) is 0 Å². The van der Waals surface area contributed by atoms with Crippen LogP contribution in [0.1, 0.15) is 6.92 Å². The number of carboxylic acid groups (broad SMARTS) is 1. The zero-order valence-corrected chi connectivity index (χ0v) is 9.17. The normalized spacial score (nSPS) is 6.75. The van der Waals surface area contributed by atoms with Crippen molar-refractivity contribution in [1.82, 2.24) is 0 Å². The van der Waals surface area contributed by atoms with Crippen LogP contribution >= 0.6 is 0 Å². The molecule has 1 N–H and O–H groups in total. The maximum absolute atomic E-state index is 8.89. The van der Waals surface area contributed by atoms with Crippen LogP contribution in [0.4, 0.5) is 0 Å². The summed E-state index contributed by atoms with van der Waals surface area (Å²) < 4.78 is 15.8. The van der Waals surface area contributed by atoms with E-state index < -0.39 is 22.0 Å². The van der Waals surface area contributed by atoms with E-state index in [2.05, 4.69) is 0 Å². The molecule has 0 aromatic rings. The molecule has 1 atom stereocenters. The number of carboxylic acids is 1. The molecule has 4 nitrogen and oxygen atoms in total. The molecular formula is C2H6AsNaO4. The Hall–Kier alpha value is 0.788. The first-order chi connectivity index (χ1) is 3.15. The first kappa shape index (κ1) is 15.9.